The molecule has 1 aromatic carbocycles. The highest BCUT2D eigenvalue weighted by molar-refractivity contribution is 5.98. The largest absolute Gasteiger partial charge is 0.365 e. The number of hydrogen-bond donors (Lipinski definition) is 4. The van der Waals surface area contributed by atoms with Crippen molar-refractivity contribution in [2.24, 2.45) is 11.6 Å². The second kappa shape index (κ2) is 8.35. The number of imidazole rings is 1. The fraction of sp³-hybridized carbons (Fsp3) is 0.167. The van der Waals surface area contributed by atoms with Gasteiger partial charge in [-0.05, 0) is 25.1 Å². The minimum atomic E-state index is -0.942. The number of nitrogens with zero attached hydrogens (tertiary/aromatic N) is 4. The average Bonchev–Trinajstić information content (AvgIpc) is 3.22. The molecule has 2 aromatic heterocycles. The molecule has 0 fully saturated rings. The highest BCUT2D eigenvalue weighted by Crippen LogP contribution is 2.21. The SMILES string of the molecule is CC(CC=O)N(N)c1nc(Nc2cccc(-n3ccnc3)c2)c(C(N)=O)c(=O)[nH]1. The van der Waals surface area contributed by atoms with Crippen molar-refractivity contribution in [1.29, 1.82) is 0 Å². The highest BCUT2D eigenvalue weighted by Gasteiger charge is 2.20. The molecule has 3 rings (SSSR count). The fourth-order valence-corrected chi connectivity index (χ4v) is 2.66. The van der Waals surface area contributed by atoms with E-state index in [-0.39, 0.29) is 23.8 Å². The van der Waals surface area contributed by atoms with Crippen LogP contribution in [-0.2, 0) is 4.79 Å². The lowest BCUT2D eigenvalue weighted by molar-refractivity contribution is -0.108. The Balaban J connectivity index is 2.01. The van der Waals surface area contributed by atoms with Crippen molar-refractivity contribution in [3.8, 4) is 5.69 Å². The first-order valence-electron chi connectivity index (χ1n) is 8.67. The highest BCUT2D eigenvalue weighted by atomic mass is 16.2. The van der Waals surface area contributed by atoms with Crippen molar-refractivity contribution in [3.63, 3.8) is 0 Å². The monoisotopic (exact) mass is 396 g/mol. The van der Waals surface area contributed by atoms with Gasteiger partial charge in [0.1, 0.15) is 11.8 Å². The number of aromatic nitrogens is 4. The molecule has 0 bridgehead atoms. The van der Waals surface area contributed by atoms with Gasteiger partial charge in [0.05, 0.1) is 12.4 Å². The molecule has 0 aliphatic carbocycles. The molecule has 150 valence electrons. The van der Waals surface area contributed by atoms with E-state index < -0.39 is 17.5 Å². The van der Waals surface area contributed by atoms with Gasteiger partial charge in [0, 0.05) is 30.2 Å². The van der Waals surface area contributed by atoms with Gasteiger partial charge >= 0.3 is 0 Å². The van der Waals surface area contributed by atoms with Gasteiger partial charge in [-0.25, -0.2) is 10.8 Å². The molecule has 0 radical (unpaired) electrons. The zero-order valence-electron chi connectivity index (χ0n) is 15.6. The summed E-state index contributed by atoms with van der Waals surface area (Å²) in [5.41, 5.74) is 5.65. The zero-order chi connectivity index (χ0) is 21.0. The number of anilines is 3. The van der Waals surface area contributed by atoms with E-state index in [2.05, 4.69) is 20.3 Å². The van der Waals surface area contributed by atoms with E-state index in [1.54, 1.807) is 48.4 Å². The Bertz CT molecular complexity index is 1080. The Morgan fingerprint density at radius 2 is 2.24 bits per heavy atom. The number of nitrogens with two attached hydrogens (primary N) is 2. The number of amides is 1. The Morgan fingerprint density at radius 3 is 2.90 bits per heavy atom. The summed E-state index contributed by atoms with van der Waals surface area (Å²) in [6.45, 7) is 1.69. The lowest BCUT2D eigenvalue weighted by Crippen LogP contribution is -2.42. The first kappa shape index (κ1) is 19.8. The topological polar surface area (TPSA) is 165 Å². The maximum Gasteiger partial charge on any atom is 0.267 e. The van der Waals surface area contributed by atoms with Crippen LogP contribution >= 0.6 is 0 Å². The molecular weight excluding hydrogens is 376 g/mol. The lowest BCUT2D eigenvalue weighted by Gasteiger charge is -2.23. The molecule has 1 amide bonds. The molecule has 1 atom stereocenters. The van der Waals surface area contributed by atoms with E-state index in [1.807, 2.05) is 6.07 Å². The second-order valence-corrected chi connectivity index (χ2v) is 6.28. The number of H-pyrrole nitrogens is 1. The van der Waals surface area contributed by atoms with E-state index in [0.717, 1.165) is 10.7 Å². The van der Waals surface area contributed by atoms with E-state index >= 15 is 0 Å². The minimum absolute atomic E-state index is 0.0115. The molecule has 0 aliphatic rings. The summed E-state index contributed by atoms with van der Waals surface area (Å²) in [4.78, 5) is 45.7. The summed E-state index contributed by atoms with van der Waals surface area (Å²) in [6.07, 6.45) is 5.90. The van der Waals surface area contributed by atoms with Crippen molar-refractivity contribution in [3.05, 3.63) is 58.9 Å². The van der Waals surface area contributed by atoms with Gasteiger partial charge in [-0.15, -0.1) is 0 Å². The van der Waals surface area contributed by atoms with Crippen LogP contribution in [0.3, 0.4) is 0 Å². The molecule has 29 heavy (non-hydrogen) atoms. The van der Waals surface area contributed by atoms with Crippen LogP contribution in [0.1, 0.15) is 23.7 Å². The molecule has 0 saturated heterocycles. The third kappa shape index (κ3) is 4.30. The number of aromatic amines is 1. The van der Waals surface area contributed by atoms with Crippen molar-refractivity contribution >= 4 is 29.6 Å². The lowest BCUT2D eigenvalue weighted by atomic mass is 10.2. The van der Waals surface area contributed by atoms with Crippen LogP contribution in [0.2, 0.25) is 0 Å². The van der Waals surface area contributed by atoms with E-state index in [4.69, 9.17) is 11.6 Å². The van der Waals surface area contributed by atoms with Crippen LogP contribution in [0.15, 0.2) is 47.8 Å². The zero-order valence-corrected chi connectivity index (χ0v) is 15.6. The molecule has 0 aliphatic heterocycles. The standard InChI is InChI=1S/C18H20N8O3/c1-11(5-8-27)26(20)18-23-16(14(15(19)28)17(29)24-18)22-12-3-2-4-13(9-12)25-7-6-21-10-25/h2-4,6-11H,5,20H2,1H3,(H2,19,28)(H2,22,23,24,29). The first-order valence-corrected chi connectivity index (χ1v) is 8.67. The molecule has 6 N–H and O–H groups in total. The number of aldehydes is 1. The molecule has 0 saturated carbocycles. The number of hydrogen-bond acceptors (Lipinski definition) is 8. The summed E-state index contributed by atoms with van der Waals surface area (Å²) >= 11 is 0. The molecule has 11 nitrogen and oxygen atoms in total. The number of nitrogens with one attached hydrogen (secondary N) is 2. The van der Waals surface area contributed by atoms with Gasteiger partial charge in [0.2, 0.25) is 5.95 Å². The third-order valence-electron chi connectivity index (χ3n) is 4.22. The Morgan fingerprint density at radius 1 is 1.45 bits per heavy atom. The van der Waals surface area contributed by atoms with Crippen molar-refractivity contribution in [1.82, 2.24) is 19.5 Å². The molecule has 3 aromatic rings. The van der Waals surface area contributed by atoms with Crippen LogP contribution in [0, 0.1) is 0 Å². The predicted molar refractivity (Wildman–Crippen MR) is 107 cm³/mol. The van der Waals surface area contributed by atoms with Crippen LogP contribution in [-0.4, -0.2) is 37.8 Å². The van der Waals surface area contributed by atoms with Crippen molar-refractivity contribution in [2.75, 3.05) is 10.3 Å². The molecule has 0 spiro atoms. The van der Waals surface area contributed by atoms with E-state index in [0.29, 0.717) is 12.0 Å². The van der Waals surface area contributed by atoms with Gasteiger partial charge in [-0.2, -0.15) is 4.98 Å². The van der Waals surface area contributed by atoms with Crippen LogP contribution < -0.4 is 27.5 Å². The van der Waals surface area contributed by atoms with Crippen molar-refractivity contribution < 1.29 is 9.59 Å². The average molecular weight is 396 g/mol. The molecule has 2 heterocycles. The van der Waals surface area contributed by atoms with E-state index in [1.165, 1.54) is 0 Å². The predicted octanol–water partition coefficient (Wildman–Crippen LogP) is 0.456. The Labute approximate surface area is 165 Å². The third-order valence-corrected chi connectivity index (χ3v) is 4.22. The fourth-order valence-electron chi connectivity index (χ4n) is 2.66. The maximum atomic E-state index is 12.4. The summed E-state index contributed by atoms with van der Waals surface area (Å²) in [6, 6.07) is 6.75. The number of hydrazine groups is 1. The Hall–Kier alpha value is -3.99. The number of primary amides is 1. The van der Waals surface area contributed by atoms with Crippen LogP contribution in [0.25, 0.3) is 5.69 Å². The molecule has 11 heteroatoms. The summed E-state index contributed by atoms with van der Waals surface area (Å²) in [5, 5.41) is 4.09. The number of benzene rings is 1. The van der Waals surface area contributed by atoms with Crippen LogP contribution in [0.4, 0.5) is 17.5 Å². The summed E-state index contributed by atoms with van der Waals surface area (Å²) in [5.74, 6) is 4.96. The second-order valence-electron chi connectivity index (χ2n) is 6.28. The van der Waals surface area contributed by atoms with Gasteiger partial charge in [0.15, 0.2) is 5.82 Å². The van der Waals surface area contributed by atoms with Crippen molar-refractivity contribution in [2.45, 2.75) is 19.4 Å². The number of carbonyl (C=O) groups excluding carboxylic acids is 2. The summed E-state index contributed by atoms with van der Waals surface area (Å²) < 4.78 is 1.79. The number of rotatable bonds is 8. The minimum Gasteiger partial charge on any atom is -0.365 e. The normalized spacial score (nSPS) is 11.7. The maximum absolute atomic E-state index is 12.4. The van der Waals surface area contributed by atoms with Gasteiger partial charge < -0.3 is 20.4 Å². The molecular formula is C18H20N8O3. The number of carbonyl (C=O) groups is 2. The summed E-state index contributed by atoms with van der Waals surface area (Å²) in [7, 11) is 0. The van der Waals surface area contributed by atoms with Crippen LogP contribution in [0.5, 0.6) is 0 Å². The smallest absolute Gasteiger partial charge is 0.267 e. The van der Waals surface area contributed by atoms with Gasteiger partial charge in [0.25, 0.3) is 11.5 Å². The van der Waals surface area contributed by atoms with Gasteiger partial charge in [-0.1, -0.05) is 6.07 Å². The quantitative estimate of drug-likeness (QED) is 0.242. The van der Waals surface area contributed by atoms with Gasteiger partial charge in [-0.3, -0.25) is 19.6 Å². The first-order chi connectivity index (χ1) is 13.9. The van der Waals surface area contributed by atoms with E-state index in [9.17, 15) is 14.4 Å². The molecule has 1 unspecified atom stereocenters. The Kier molecular flexibility index (Phi) is 5.69.